The summed E-state index contributed by atoms with van der Waals surface area (Å²) in [5, 5.41) is 3.38. The first-order valence-corrected chi connectivity index (χ1v) is 12.0. The van der Waals surface area contributed by atoms with Crippen LogP contribution in [0.1, 0.15) is 57.6 Å². The van der Waals surface area contributed by atoms with Crippen LogP contribution >= 0.6 is 0 Å². The van der Waals surface area contributed by atoms with Gasteiger partial charge in [0.25, 0.3) is 0 Å². The molecule has 0 radical (unpaired) electrons. The van der Waals surface area contributed by atoms with Gasteiger partial charge in [-0.3, -0.25) is 4.79 Å². The minimum absolute atomic E-state index is 0.0912. The van der Waals surface area contributed by atoms with Crippen LogP contribution < -0.4 is 10.1 Å². The molecule has 0 spiro atoms. The van der Waals surface area contributed by atoms with Crippen LogP contribution in [0, 0.1) is 5.41 Å². The Morgan fingerprint density at radius 1 is 1.03 bits per heavy atom. The number of carbonyl (C=O) groups is 2. The zero-order valence-corrected chi connectivity index (χ0v) is 20.4. The molecule has 0 fully saturated rings. The highest BCUT2D eigenvalue weighted by molar-refractivity contribution is 6.04. The number of allylic oxidation sites excluding steroid dienone is 3. The molecule has 34 heavy (non-hydrogen) atoms. The van der Waals surface area contributed by atoms with E-state index in [2.05, 4.69) is 38.2 Å². The fourth-order valence-corrected chi connectivity index (χ4v) is 4.87. The number of ketones is 1. The van der Waals surface area contributed by atoms with Crippen LogP contribution in [0.2, 0.25) is 0 Å². The molecule has 1 heterocycles. The highest BCUT2D eigenvalue weighted by Gasteiger charge is 2.43. The lowest BCUT2D eigenvalue weighted by Gasteiger charge is -2.39. The molecule has 178 valence electrons. The number of hydrogen-bond acceptors (Lipinski definition) is 5. The quantitative estimate of drug-likeness (QED) is 0.439. The third-order valence-electron chi connectivity index (χ3n) is 6.51. The number of Topliss-reactive ketones (excluding diaryl/α,β-unsaturated/α-hetero) is 1. The Kier molecular flexibility index (Phi) is 6.92. The van der Waals surface area contributed by atoms with Gasteiger partial charge in [-0.1, -0.05) is 63.2 Å². The van der Waals surface area contributed by atoms with Crippen LogP contribution in [0.5, 0.6) is 5.75 Å². The lowest BCUT2D eigenvalue weighted by atomic mass is 9.68. The number of para-hydroxylation sites is 1. The van der Waals surface area contributed by atoms with E-state index in [4.69, 9.17) is 9.47 Å². The Hall–Kier alpha value is -3.34. The summed E-state index contributed by atoms with van der Waals surface area (Å²) >= 11 is 0. The number of esters is 1. The van der Waals surface area contributed by atoms with Crippen molar-refractivity contribution in [1.82, 2.24) is 5.32 Å². The number of rotatable bonds is 7. The molecule has 4 rings (SSSR count). The normalized spacial score (nSPS) is 19.4. The fraction of sp³-hybridized carbons (Fsp3) is 0.379. The highest BCUT2D eigenvalue weighted by Crippen LogP contribution is 2.46. The first-order valence-electron chi connectivity index (χ1n) is 12.0. The SMILES string of the molecule is CCc1ccc([C@H]2C(C(=O)OCCOc3ccccc3)=C(C)NC3=C2C(=O)CC(C)(C)C3)cc1. The van der Waals surface area contributed by atoms with Crippen LogP contribution in [-0.2, 0) is 20.7 Å². The standard InChI is InChI=1S/C29H33NO4/c1-5-20-11-13-21(14-12-20)26-25(28(32)34-16-15-33-22-9-7-6-8-10-22)19(2)30-23-17-29(3,4)18-24(31)27(23)26/h6-14,26,30H,5,15-18H2,1-4H3/t26-/m0/s1. The van der Waals surface area contributed by atoms with Crippen LogP contribution in [0.3, 0.4) is 0 Å². The van der Waals surface area contributed by atoms with E-state index in [-0.39, 0.29) is 24.4 Å². The molecule has 0 saturated heterocycles. The van der Waals surface area contributed by atoms with Gasteiger partial charge in [0.05, 0.1) is 5.57 Å². The largest absolute Gasteiger partial charge is 0.490 e. The van der Waals surface area contributed by atoms with E-state index in [0.29, 0.717) is 17.6 Å². The molecule has 0 unspecified atom stereocenters. The summed E-state index contributed by atoms with van der Waals surface area (Å²) in [6.45, 7) is 8.59. The molecular formula is C29H33NO4. The Balaban J connectivity index is 1.60. The predicted octanol–water partition coefficient (Wildman–Crippen LogP) is 5.48. The maximum atomic E-state index is 13.4. The Labute approximate surface area is 201 Å². The van der Waals surface area contributed by atoms with Gasteiger partial charge in [0.1, 0.15) is 19.0 Å². The van der Waals surface area contributed by atoms with Gasteiger partial charge in [-0.25, -0.2) is 4.79 Å². The van der Waals surface area contributed by atoms with E-state index >= 15 is 0 Å². The molecule has 0 bridgehead atoms. The molecule has 0 aromatic heterocycles. The molecule has 0 amide bonds. The van der Waals surface area contributed by atoms with Crippen molar-refractivity contribution in [3.8, 4) is 5.75 Å². The number of aryl methyl sites for hydroxylation is 1. The van der Waals surface area contributed by atoms with Crippen molar-refractivity contribution in [3.63, 3.8) is 0 Å². The van der Waals surface area contributed by atoms with Crippen molar-refractivity contribution >= 4 is 11.8 Å². The summed E-state index contributed by atoms with van der Waals surface area (Å²) in [5.41, 5.74) is 4.89. The summed E-state index contributed by atoms with van der Waals surface area (Å²) in [4.78, 5) is 26.7. The second kappa shape index (κ2) is 9.88. The minimum atomic E-state index is -0.437. The van der Waals surface area contributed by atoms with Crippen LogP contribution in [0.4, 0.5) is 0 Å². The van der Waals surface area contributed by atoms with Crippen molar-refractivity contribution in [2.24, 2.45) is 5.41 Å². The lowest BCUT2D eigenvalue weighted by molar-refractivity contribution is -0.140. The molecule has 2 aromatic carbocycles. The van der Waals surface area contributed by atoms with E-state index in [1.807, 2.05) is 49.4 Å². The first kappa shape index (κ1) is 23.8. The number of dihydropyridines is 1. The molecule has 1 aliphatic carbocycles. The van der Waals surface area contributed by atoms with Crippen molar-refractivity contribution in [2.75, 3.05) is 13.2 Å². The average molecular weight is 460 g/mol. The molecular weight excluding hydrogens is 426 g/mol. The van der Waals surface area contributed by atoms with Gasteiger partial charge in [0.15, 0.2) is 5.78 Å². The van der Waals surface area contributed by atoms with E-state index in [9.17, 15) is 9.59 Å². The second-order valence-corrected chi connectivity index (χ2v) is 9.82. The molecule has 2 aliphatic rings. The van der Waals surface area contributed by atoms with Crippen LogP contribution in [-0.4, -0.2) is 25.0 Å². The molecule has 1 aliphatic heterocycles. The van der Waals surface area contributed by atoms with Gasteiger partial charge in [-0.2, -0.15) is 0 Å². The van der Waals surface area contributed by atoms with Crippen LogP contribution in [0.25, 0.3) is 0 Å². The maximum Gasteiger partial charge on any atom is 0.336 e. The van der Waals surface area contributed by atoms with Gasteiger partial charge in [0.2, 0.25) is 0 Å². The number of nitrogens with one attached hydrogen (secondary N) is 1. The molecule has 0 saturated carbocycles. The Morgan fingerprint density at radius 2 is 1.74 bits per heavy atom. The van der Waals surface area contributed by atoms with Gasteiger partial charge < -0.3 is 14.8 Å². The third-order valence-corrected chi connectivity index (χ3v) is 6.51. The maximum absolute atomic E-state index is 13.4. The summed E-state index contributed by atoms with van der Waals surface area (Å²) < 4.78 is 11.3. The summed E-state index contributed by atoms with van der Waals surface area (Å²) in [6.07, 6.45) is 2.16. The van der Waals surface area contributed by atoms with Crippen molar-refractivity contribution < 1.29 is 19.1 Å². The smallest absolute Gasteiger partial charge is 0.336 e. The minimum Gasteiger partial charge on any atom is -0.490 e. The summed E-state index contributed by atoms with van der Waals surface area (Å²) in [6, 6.07) is 17.6. The van der Waals surface area contributed by atoms with E-state index < -0.39 is 11.9 Å². The van der Waals surface area contributed by atoms with Gasteiger partial charge in [-0.05, 0) is 48.4 Å². The molecule has 1 atom stereocenters. The highest BCUT2D eigenvalue weighted by atomic mass is 16.6. The van der Waals surface area contributed by atoms with E-state index in [0.717, 1.165) is 35.5 Å². The van der Waals surface area contributed by atoms with Gasteiger partial charge in [-0.15, -0.1) is 0 Å². The Bertz CT molecular complexity index is 1130. The third kappa shape index (κ3) is 5.09. The number of hydrogen-bond donors (Lipinski definition) is 1. The monoisotopic (exact) mass is 459 g/mol. The molecule has 2 aromatic rings. The van der Waals surface area contributed by atoms with Crippen molar-refractivity contribution in [2.45, 2.75) is 52.9 Å². The van der Waals surface area contributed by atoms with Crippen LogP contribution in [0.15, 0.2) is 77.1 Å². The number of ether oxygens (including phenoxy) is 2. The van der Waals surface area contributed by atoms with E-state index in [1.54, 1.807) is 0 Å². The van der Waals surface area contributed by atoms with Crippen molar-refractivity contribution in [1.29, 1.82) is 0 Å². The average Bonchev–Trinajstić information content (AvgIpc) is 2.80. The molecule has 5 heteroatoms. The zero-order chi connectivity index (χ0) is 24.3. The lowest BCUT2D eigenvalue weighted by Crippen LogP contribution is -2.38. The molecule has 5 nitrogen and oxygen atoms in total. The number of carbonyl (C=O) groups excluding carboxylic acids is 2. The predicted molar refractivity (Wildman–Crippen MR) is 132 cm³/mol. The Morgan fingerprint density at radius 3 is 2.41 bits per heavy atom. The van der Waals surface area contributed by atoms with Gasteiger partial charge >= 0.3 is 5.97 Å². The fourth-order valence-electron chi connectivity index (χ4n) is 4.87. The van der Waals surface area contributed by atoms with E-state index in [1.165, 1.54) is 5.56 Å². The topological polar surface area (TPSA) is 64.6 Å². The second-order valence-electron chi connectivity index (χ2n) is 9.82. The molecule has 1 N–H and O–H groups in total. The first-order chi connectivity index (χ1) is 16.3. The zero-order valence-electron chi connectivity index (χ0n) is 20.4. The van der Waals surface area contributed by atoms with Gasteiger partial charge in [0, 0.05) is 29.3 Å². The van der Waals surface area contributed by atoms with Crippen molar-refractivity contribution in [3.05, 3.63) is 88.3 Å². The summed E-state index contributed by atoms with van der Waals surface area (Å²) in [7, 11) is 0. The summed E-state index contributed by atoms with van der Waals surface area (Å²) in [5.74, 6) is -0.0374. The number of benzene rings is 2.